The maximum absolute atomic E-state index is 11.3. The van der Waals surface area contributed by atoms with Crippen LogP contribution in [0.3, 0.4) is 0 Å². The number of hydrogen-bond donors (Lipinski definition) is 1. The Hall–Kier alpha value is -1.04. The summed E-state index contributed by atoms with van der Waals surface area (Å²) >= 11 is 0. The van der Waals surface area contributed by atoms with E-state index in [1.807, 2.05) is 0 Å². The standard InChI is InChI=1S/C14H32N4O2/c1-3-5-7-9-11-15-12-14-17(18(20)16-19)13-10-8-6-4-2/h15,19H,3-14H2,1-2H3/b18-16-. The van der Waals surface area contributed by atoms with E-state index < -0.39 is 0 Å². The Morgan fingerprint density at radius 2 is 1.55 bits per heavy atom. The average Bonchev–Trinajstić information content (AvgIpc) is 2.47. The summed E-state index contributed by atoms with van der Waals surface area (Å²) in [5.41, 5.74) is 0. The van der Waals surface area contributed by atoms with E-state index in [-0.39, 0.29) is 4.97 Å². The van der Waals surface area contributed by atoms with Gasteiger partial charge >= 0.3 is 0 Å². The van der Waals surface area contributed by atoms with Gasteiger partial charge in [-0.25, -0.2) is 0 Å². The molecule has 0 aliphatic carbocycles. The molecule has 0 fully saturated rings. The minimum atomic E-state index is 0.205. The summed E-state index contributed by atoms with van der Waals surface area (Å²) < 4.78 is 0. The summed E-state index contributed by atoms with van der Waals surface area (Å²) in [7, 11) is 0. The van der Waals surface area contributed by atoms with Crippen molar-refractivity contribution in [2.75, 3.05) is 26.2 Å². The summed E-state index contributed by atoms with van der Waals surface area (Å²) in [5.74, 6) is 0. The molecular weight excluding hydrogens is 256 g/mol. The lowest BCUT2D eigenvalue weighted by Gasteiger charge is -2.18. The Labute approximate surface area is 123 Å². The van der Waals surface area contributed by atoms with Gasteiger partial charge in [0.2, 0.25) is 0 Å². The van der Waals surface area contributed by atoms with E-state index in [1.54, 1.807) is 0 Å². The number of unbranched alkanes of at least 4 members (excludes halogenated alkanes) is 6. The van der Waals surface area contributed by atoms with Crippen molar-refractivity contribution >= 4 is 0 Å². The summed E-state index contributed by atoms with van der Waals surface area (Å²) in [5, 5.41) is 27.9. The molecule has 2 N–H and O–H groups in total. The van der Waals surface area contributed by atoms with Gasteiger partial charge in [0.05, 0.1) is 19.6 Å². The van der Waals surface area contributed by atoms with Crippen molar-refractivity contribution < 1.29 is 10.3 Å². The van der Waals surface area contributed by atoms with Crippen LogP contribution in [0.2, 0.25) is 0 Å². The highest BCUT2D eigenvalue weighted by atomic mass is 16.6. The predicted molar refractivity (Wildman–Crippen MR) is 80.9 cm³/mol. The lowest BCUT2D eigenvalue weighted by atomic mass is 10.2. The largest absolute Gasteiger partial charge is 0.737 e. The Balaban J connectivity index is 3.71. The van der Waals surface area contributed by atoms with E-state index in [0.29, 0.717) is 13.1 Å². The molecule has 20 heavy (non-hydrogen) atoms. The van der Waals surface area contributed by atoms with Crippen molar-refractivity contribution in [3.8, 4) is 0 Å². The number of hydrazine groups is 1. The number of nitrogens with zero attached hydrogens (tertiary/aromatic N) is 3. The molecule has 0 rings (SSSR count). The third-order valence-corrected chi connectivity index (χ3v) is 3.43. The maximum Gasteiger partial charge on any atom is 0.126 e. The van der Waals surface area contributed by atoms with Crippen LogP contribution < -0.4 is 5.32 Å². The van der Waals surface area contributed by atoms with Gasteiger partial charge in [-0.2, -0.15) is 0 Å². The van der Waals surface area contributed by atoms with Crippen LogP contribution in [-0.4, -0.2) is 36.2 Å². The second kappa shape index (κ2) is 14.4. The number of hydrogen-bond acceptors (Lipinski definition) is 3. The van der Waals surface area contributed by atoms with Gasteiger partial charge < -0.3 is 15.7 Å². The molecule has 0 aliphatic heterocycles. The molecule has 0 amide bonds. The molecule has 0 spiro atoms. The normalized spacial score (nSPS) is 11.8. The fourth-order valence-corrected chi connectivity index (χ4v) is 2.16. The maximum atomic E-state index is 11.3. The van der Waals surface area contributed by atoms with Crippen LogP contribution in [-0.2, 0) is 0 Å². The van der Waals surface area contributed by atoms with Gasteiger partial charge in [-0.05, 0) is 24.5 Å². The first-order valence-corrected chi connectivity index (χ1v) is 8.13. The number of quaternary nitrogens is 1. The Bertz CT molecular complexity index is 237. The monoisotopic (exact) mass is 288 g/mol. The zero-order valence-corrected chi connectivity index (χ0v) is 13.2. The van der Waals surface area contributed by atoms with E-state index in [4.69, 9.17) is 0 Å². The van der Waals surface area contributed by atoms with Crippen molar-refractivity contribution in [2.45, 2.75) is 65.2 Å². The van der Waals surface area contributed by atoms with Crippen molar-refractivity contribution in [1.82, 2.24) is 5.01 Å². The SMILES string of the molecule is CCCCCC[NH2+]CCN(CCCCCC)/[N+]([O-])=N/[O-]. The van der Waals surface area contributed by atoms with Crippen LogP contribution in [0.15, 0.2) is 5.28 Å². The second-order valence-electron chi connectivity index (χ2n) is 5.28. The van der Waals surface area contributed by atoms with E-state index in [9.17, 15) is 10.4 Å². The molecule has 0 unspecified atom stereocenters. The van der Waals surface area contributed by atoms with Crippen LogP contribution in [0.1, 0.15) is 65.2 Å². The Morgan fingerprint density at radius 1 is 0.900 bits per heavy atom. The lowest BCUT2D eigenvalue weighted by Crippen LogP contribution is -2.85. The molecule has 0 bridgehead atoms. The molecule has 0 aromatic carbocycles. The molecule has 120 valence electrons. The molecule has 0 saturated carbocycles. The van der Waals surface area contributed by atoms with Crippen molar-refractivity contribution in [2.24, 2.45) is 5.28 Å². The molecule has 0 aromatic heterocycles. The van der Waals surface area contributed by atoms with Gasteiger partial charge in [0.25, 0.3) is 0 Å². The van der Waals surface area contributed by atoms with Crippen molar-refractivity contribution in [3.63, 3.8) is 0 Å². The lowest BCUT2D eigenvalue weighted by molar-refractivity contribution is -0.711. The summed E-state index contributed by atoms with van der Waals surface area (Å²) in [6, 6.07) is 0. The Kier molecular flexibility index (Phi) is 13.6. The van der Waals surface area contributed by atoms with E-state index in [2.05, 4.69) is 24.4 Å². The van der Waals surface area contributed by atoms with Crippen LogP contribution in [0.25, 0.3) is 0 Å². The van der Waals surface area contributed by atoms with Gasteiger partial charge in [0.1, 0.15) is 6.54 Å². The fraction of sp³-hybridized carbons (Fsp3) is 1.00. The highest BCUT2D eigenvalue weighted by molar-refractivity contribution is 4.47. The first-order valence-electron chi connectivity index (χ1n) is 8.13. The van der Waals surface area contributed by atoms with Crippen LogP contribution in [0.5, 0.6) is 0 Å². The number of rotatable bonds is 14. The molecule has 0 aliphatic rings. The van der Waals surface area contributed by atoms with Crippen LogP contribution in [0, 0.1) is 10.4 Å². The van der Waals surface area contributed by atoms with Crippen LogP contribution in [0.4, 0.5) is 0 Å². The molecule has 6 heteroatoms. The first-order chi connectivity index (χ1) is 9.76. The average molecular weight is 288 g/mol. The molecule has 0 saturated heterocycles. The summed E-state index contributed by atoms with van der Waals surface area (Å²) in [6.07, 6.45) is 9.42. The topological polar surface area (TPSA) is 81.3 Å². The smallest absolute Gasteiger partial charge is 0.126 e. The molecule has 0 atom stereocenters. The molecule has 0 heterocycles. The molecule has 0 radical (unpaired) electrons. The van der Waals surface area contributed by atoms with Gasteiger partial charge in [0, 0.05) is 4.97 Å². The van der Waals surface area contributed by atoms with Gasteiger partial charge in [0.15, 0.2) is 0 Å². The van der Waals surface area contributed by atoms with Gasteiger partial charge in [-0.1, -0.05) is 46.0 Å². The number of nitrogens with two attached hydrogens (primary N) is 1. The minimum absolute atomic E-state index is 0.205. The first kappa shape index (κ1) is 19.0. The van der Waals surface area contributed by atoms with E-state index in [1.165, 1.54) is 43.5 Å². The predicted octanol–water partition coefficient (Wildman–Crippen LogP) is 2.39. The zero-order valence-electron chi connectivity index (χ0n) is 13.2. The van der Waals surface area contributed by atoms with Crippen LogP contribution >= 0.6 is 0 Å². The third-order valence-electron chi connectivity index (χ3n) is 3.43. The fourth-order valence-electron chi connectivity index (χ4n) is 2.16. The van der Waals surface area contributed by atoms with Crippen molar-refractivity contribution in [1.29, 1.82) is 0 Å². The quantitative estimate of drug-likeness (QED) is 0.231. The molecule has 6 nitrogen and oxygen atoms in total. The summed E-state index contributed by atoms with van der Waals surface area (Å²) in [6.45, 7) is 7.51. The highest BCUT2D eigenvalue weighted by Crippen LogP contribution is 2.01. The minimum Gasteiger partial charge on any atom is -0.737 e. The van der Waals surface area contributed by atoms with Gasteiger partial charge in [-0.3, -0.25) is 0 Å². The third kappa shape index (κ3) is 10.8. The molecular formula is C14H32N4O2. The van der Waals surface area contributed by atoms with Crippen molar-refractivity contribution in [3.05, 3.63) is 10.4 Å². The molecule has 0 aromatic rings. The summed E-state index contributed by atoms with van der Waals surface area (Å²) in [4.78, 5) is 0.205. The zero-order chi connectivity index (χ0) is 15.1. The second-order valence-corrected chi connectivity index (χ2v) is 5.28. The highest BCUT2D eigenvalue weighted by Gasteiger charge is 2.11. The Morgan fingerprint density at radius 3 is 2.15 bits per heavy atom. The van der Waals surface area contributed by atoms with E-state index in [0.717, 1.165) is 25.9 Å². The van der Waals surface area contributed by atoms with Gasteiger partial charge in [-0.15, -0.1) is 5.01 Å². The van der Waals surface area contributed by atoms with E-state index >= 15 is 0 Å².